The minimum absolute atomic E-state index is 0.0992. The Hall–Kier alpha value is -2.70. The van der Waals surface area contributed by atoms with Gasteiger partial charge in [-0.25, -0.2) is 9.18 Å². The Bertz CT molecular complexity index is 1110. The predicted molar refractivity (Wildman–Crippen MR) is 127 cm³/mol. The lowest BCUT2D eigenvalue weighted by Crippen LogP contribution is -2.23. The first-order chi connectivity index (χ1) is 15.9. The lowest BCUT2D eigenvalue weighted by molar-refractivity contribution is -0.142. The number of carbonyl (C=O) groups is 1. The maximum absolute atomic E-state index is 15.0. The van der Waals surface area contributed by atoms with E-state index in [4.69, 9.17) is 26.5 Å². The van der Waals surface area contributed by atoms with Crippen LogP contribution in [0.3, 0.4) is 0 Å². The average Bonchev–Trinajstić information content (AvgIpc) is 3.12. The molecule has 1 heterocycles. The van der Waals surface area contributed by atoms with Crippen molar-refractivity contribution in [2.24, 2.45) is 11.8 Å². The maximum Gasteiger partial charge on any atom is 0.329 e. The Balaban J connectivity index is 1.58. The summed E-state index contributed by atoms with van der Waals surface area (Å²) >= 11 is 6.10. The molecule has 0 spiro atoms. The minimum atomic E-state index is -0.932. The quantitative estimate of drug-likeness (QED) is 0.424. The molecular formula is C26H28ClFN2O3. The molecule has 4 rings (SSSR count). The molecule has 3 aromatic rings. The molecule has 1 aliphatic rings. The van der Waals surface area contributed by atoms with E-state index < -0.39 is 11.8 Å². The third-order valence-corrected chi connectivity index (χ3v) is 6.66. The van der Waals surface area contributed by atoms with Gasteiger partial charge in [0.1, 0.15) is 12.4 Å². The third kappa shape index (κ3) is 5.45. The molecule has 7 heteroatoms. The number of benzene rings is 2. The first-order valence-electron chi connectivity index (χ1n) is 11.3. The summed E-state index contributed by atoms with van der Waals surface area (Å²) in [5.74, 6) is -0.525. The molecule has 2 aromatic carbocycles. The van der Waals surface area contributed by atoms with Crippen molar-refractivity contribution in [2.75, 3.05) is 13.2 Å². The van der Waals surface area contributed by atoms with Crippen LogP contribution in [0.2, 0.25) is 5.02 Å². The maximum atomic E-state index is 15.0. The Morgan fingerprint density at radius 3 is 2.52 bits per heavy atom. The van der Waals surface area contributed by atoms with Crippen molar-refractivity contribution in [1.29, 1.82) is 0 Å². The molecule has 0 aliphatic heterocycles. The van der Waals surface area contributed by atoms with Crippen molar-refractivity contribution in [1.82, 2.24) is 9.78 Å². The molecule has 33 heavy (non-hydrogen) atoms. The van der Waals surface area contributed by atoms with Crippen LogP contribution in [-0.2, 0) is 16.1 Å². The van der Waals surface area contributed by atoms with Crippen molar-refractivity contribution in [3.63, 3.8) is 0 Å². The molecule has 0 saturated heterocycles. The second kappa shape index (κ2) is 10.5. The fraction of sp³-hybridized carbons (Fsp3) is 0.385. The van der Waals surface area contributed by atoms with Gasteiger partial charge in [-0.05, 0) is 50.5 Å². The zero-order chi connectivity index (χ0) is 23.4. The van der Waals surface area contributed by atoms with Gasteiger partial charge in [0, 0.05) is 23.2 Å². The van der Waals surface area contributed by atoms with Gasteiger partial charge in [0.25, 0.3) is 0 Å². The van der Waals surface area contributed by atoms with Crippen molar-refractivity contribution < 1.29 is 19.0 Å². The number of hydrogen-bond acceptors (Lipinski definition) is 3. The second-order valence-corrected chi connectivity index (χ2v) is 9.16. The van der Waals surface area contributed by atoms with Gasteiger partial charge in [0.2, 0.25) is 0 Å². The Morgan fingerprint density at radius 2 is 1.82 bits per heavy atom. The van der Waals surface area contributed by atoms with Crippen molar-refractivity contribution >= 4 is 17.6 Å². The van der Waals surface area contributed by atoms with Crippen LogP contribution in [0.5, 0.6) is 0 Å². The topological polar surface area (TPSA) is 64.4 Å². The smallest absolute Gasteiger partial charge is 0.329 e. The fourth-order valence-corrected chi connectivity index (χ4v) is 4.94. The summed E-state index contributed by atoms with van der Waals surface area (Å²) in [6.07, 6.45) is 4.05. The molecule has 0 atom stereocenters. The van der Waals surface area contributed by atoms with Gasteiger partial charge in [-0.3, -0.25) is 4.68 Å². The van der Waals surface area contributed by atoms with Crippen LogP contribution in [-0.4, -0.2) is 34.1 Å². The summed E-state index contributed by atoms with van der Waals surface area (Å²) in [5.41, 5.74) is 3.90. The van der Waals surface area contributed by atoms with Gasteiger partial charge in [0.15, 0.2) is 0 Å². The predicted octanol–water partition coefficient (Wildman–Crippen LogP) is 6.23. The number of hydrogen-bond donors (Lipinski definition) is 1. The normalized spacial score (nSPS) is 18.4. The molecule has 0 bridgehead atoms. The molecule has 5 nitrogen and oxygen atoms in total. The number of aromatic nitrogens is 2. The van der Waals surface area contributed by atoms with Gasteiger partial charge in [0.05, 0.1) is 23.0 Å². The van der Waals surface area contributed by atoms with E-state index in [9.17, 15) is 4.79 Å². The van der Waals surface area contributed by atoms with E-state index in [1.807, 2.05) is 41.9 Å². The van der Waals surface area contributed by atoms with Crippen LogP contribution in [0.25, 0.3) is 22.4 Å². The fourth-order valence-electron chi connectivity index (χ4n) is 4.76. The van der Waals surface area contributed by atoms with Crippen LogP contribution < -0.4 is 0 Å². The minimum Gasteiger partial charge on any atom is -0.480 e. The number of carboxylic acids is 1. The standard InChI is InChI=1S/C26H28ClFN2O3/c1-17-24(21-8-5-9-22(27)25(21)28)26(20-6-3-2-4-7-20)30(29-17)14-18-10-12-19(13-11-18)15-33-16-23(31)32/h2-9,18-19H,10-16H2,1H3,(H,31,32). The molecule has 1 saturated carbocycles. The molecule has 1 aliphatic carbocycles. The molecule has 0 radical (unpaired) electrons. The first kappa shape index (κ1) is 23.5. The number of nitrogens with zero attached hydrogens (tertiary/aromatic N) is 2. The number of ether oxygens (including phenoxy) is 1. The SMILES string of the molecule is Cc1nn(CC2CCC(COCC(=O)O)CC2)c(-c2ccccc2)c1-c1cccc(Cl)c1F. The van der Waals surface area contributed by atoms with Gasteiger partial charge in [-0.1, -0.05) is 54.1 Å². The summed E-state index contributed by atoms with van der Waals surface area (Å²) in [7, 11) is 0. The lowest BCUT2D eigenvalue weighted by Gasteiger charge is -2.28. The van der Waals surface area contributed by atoms with Crippen LogP contribution in [0, 0.1) is 24.6 Å². The van der Waals surface area contributed by atoms with E-state index in [0.29, 0.717) is 24.0 Å². The summed E-state index contributed by atoms with van der Waals surface area (Å²) in [6.45, 7) is 2.91. The third-order valence-electron chi connectivity index (χ3n) is 6.37. The Kier molecular flexibility index (Phi) is 7.46. The first-order valence-corrected chi connectivity index (χ1v) is 11.7. The summed E-state index contributed by atoms with van der Waals surface area (Å²) < 4.78 is 22.3. The second-order valence-electron chi connectivity index (χ2n) is 8.75. The summed E-state index contributed by atoms with van der Waals surface area (Å²) in [4.78, 5) is 10.7. The van der Waals surface area contributed by atoms with Gasteiger partial charge in [-0.2, -0.15) is 5.10 Å². The van der Waals surface area contributed by atoms with Crippen molar-refractivity contribution in [3.05, 3.63) is 65.1 Å². The van der Waals surface area contributed by atoms with Crippen molar-refractivity contribution in [2.45, 2.75) is 39.2 Å². The average molecular weight is 471 g/mol. The summed E-state index contributed by atoms with van der Waals surface area (Å²) in [6, 6.07) is 15.0. The van der Waals surface area contributed by atoms with E-state index in [1.54, 1.807) is 18.2 Å². The number of aliphatic carboxylic acids is 1. The Morgan fingerprint density at radius 1 is 1.12 bits per heavy atom. The highest BCUT2D eigenvalue weighted by molar-refractivity contribution is 6.31. The van der Waals surface area contributed by atoms with E-state index >= 15 is 4.39 Å². The van der Waals surface area contributed by atoms with E-state index in [2.05, 4.69) is 0 Å². The largest absolute Gasteiger partial charge is 0.480 e. The summed E-state index contributed by atoms with van der Waals surface area (Å²) in [5, 5.41) is 13.7. The van der Waals surface area contributed by atoms with E-state index in [-0.39, 0.29) is 11.6 Å². The highest BCUT2D eigenvalue weighted by atomic mass is 35.5. The van der Waals surface area contributed by atoms with Crippen LogP contribution in [0.4, 0.5) is 4.39 Å². The van der Waals surface area contributed by atoms with Crippen molar-refractivity contribution in [3.8, 4) is 22.4 Å². The number of carboxylic acid groups (broad SMARTS) is 1. The zero-order valence-corrected chi connectivity index (χ0v) is 19.4. The molecule has 0 amide bonds. The van der Waals surface area contributed by atoms with Crippen LogP contribution in [0.1, 0.15) is 31.4 Å². The molecule has 1 N–H and O–H groups in total. The van der Waals surface area contributed by atoms with Gasteiger partial charge in [-0.15, -0.1) is 0 Å². The molecule has 174 valence electrons. The number of halogens is 2. The number of rotatable bonds is 8. The highest BCUT2D eigenvalue weighted by Gasteiger charge is 2.26. The molecular weight excluding hydrogens is 443 g/mol. The van der Waals surface area contributed by atoms with Crippen LogP contribution >= 0.6 is 11.6 Å². The molecule has 1 fully saturated rings. The zero-order valence-electron chi connectivity index (χ0n) is 18.6. The molecule has 1 aromatic heterocycles. The number of aryl methyl sites for hydroxylation is 1. The highest BCUT2D eigenvalue weighted by Crippen LogP contribution is 2.39. The van der Waals surface area contributed by atoms with Gasteiger partial charge < -0.3 is 9.84 Å². The van der Waals surface area contributed by atoms with E-state index in [0.717, 1.165) is 54.7 Å². The monoisotopic (exact) mass is 470 g/mol. The Labute approximate surface area is 198 Å². The molecule has 0 unspecified atom stereocenters. The van der Waals surface area contributed by atoms with Crippen LogP contribution in [0.15, 0.2) is 48.5 Å². The lowest BCUT2D eigenvalue weighted by atomic mass is 9.82. The van der Waals surface area contributed by atoms with E-state index in [1.165, 1.54) is 0 Å². The van der Waals surface area contributed by atoms with Gasteiger partial charge >= 0.3 is 5.97 Å².